The highest BCUT2D eigenvalue weighted by molar-refractivity contribution is 6.34. The number of amides is 1. The molecule has 2 aliphatic heterocycles. The lowest BCUT2D eigenvalue weighted by atomic mass is 9.97. The Morgan fingerprint density at radius 1 is 1.14 bits per heavy atom. The summed E-state index contributed by atoms with van der Waals surface area (Å²) in [6, 6.07) is 5.74. The van der Waals surface area contributed by atoms with E-state index in [-0.39, 0.29) is 29.0 Å². The lowest BCUT2D eigenvalue weighted by Gasteiger charge is -2.34. The molecular formula is C20H18Cl2F2N2O2. The fourth-order valence-electron chi connectivity index (χ4n) is 3.76. The van der Waals surface area contributed by atoms with Crippen LogP contribution in [-0.2, 0) is 11.2 Å². The molecular weight excluding hydrogens is 409 g/mol. The Morgan fingerprint density at radius 3 is 2.50 bits per heavy atom. The predicted octanol–water partition coefficient (Wildman–Crippen LogP) is 5.06. The van der Waals surface area contributed by atoms with E-state index in [1.807, 2.05) is 0 Å². The van der Waals surface area contributed by atoms with Crippen LogP contribution in [0.4, 0.5) is 20.2 Å². The molecule has 0 unspecified atom stereocenters. The smallest absolute Gasteiger partial charge is 0.229 e. The van der Waals surface area contributed by atoms with E-state index < -0.39 is 11.6 Å². The summed E-state index contributed by atoms with van der Waals surface area (Å²) in [5, 5.41) is 3.29. The van der Waals surface area contributed by atoms with Crippen LogP contribution in [0.3, 0.4) is 0 Å². The van der Waals surface area contributed by atoms with Gasteiger partial charge in [0.15, 0.2) is 11.6 Å². The molecule has 28 heavy (non-hydrogen) atoms. The minimum absolute atomic E-state index is 0.0242. The molecule has 0 aromatic heterocycles. The van der Waals surface area contributed by atoms with Crippen LogP contribution in [0.1, 0.15) is 18.4 Å². The summed E-state index contributed by atoms with van der Waals surface area (Å²) in [5.41, 5.74) is 1.37. The lowest BCUT2D eigenvalue weighted by molar-refractivity contribution is -0.115. The van der Waals surface area contributed by atoms with Crippen molar-refractivity contribution in [2.24, 2.45) is 5.92 Å². The Labute approximate surface area is 171 Å². The van der Waals surface area contributed by atoms with Crippen LogP contribution in [-0.4, -0.2) is 25.6 Å². The fraction of sp³-hybridized carbons (Fsp3) is 0.350. The number of anilines is 2. The highest BCUT2D eigenvalue weighted by Crippen LogP contribution is 2.38. The number of carbonyl (C=O) groups excluding carboxylic acids is 1. The van der Waals surface area contributed by atoms with Crippen molar-refractivity contribution in [2.45, 2.75) is 19.3 Å². The second-order valence-electron chi connectivity index (χ2n) is 7.08. The number of carbonyl (C=O) groups is 1. The van der Waals surface area contributed by atoms with E-state index in [2.05, 4.69) is 5.32 Å². The second-order valence-corrected chi connectivity index (χ2v) is 7.93. The molecule has 0 bridgehead atoms. The number of ether oxygens (including phenoxy) is 1. The Bertz CT molecular complexity index is 908. The third-order valence-corrected chi connectivity index (χ3v) is 5.74. The number of piperidine rings is 1. The van der Waals surface area contributed by atoms with Gasteiger partial charge in [-0.25, -0.2) is 8.78 Å². The normalized spacial score (nSPS) is 16.9. The number of nitrogens with one attached hydrogen (secondary N) is 1. The van der Waals surface area contributed by atoms with Crippen molar-refractivity contribution in [3.63, 3.8) is 0 Å². The summed E-state index contributed by atoms with van der Waals surface area (Å²) >= 11 is 11.8. The lowest BCUT2D eigenvalue weighted by Crippen LogP contribution is -2.36. The zero-order chi connectivity index (χ0) is 19.8. The number of hydrogen-bond donors (Lipinski definition) is 1. The maximum absolute atomic E-state index is 14.1. The molecule has 8 heteroatoms. The molecule has 0 atom stereocenters. The van der Waals surface area contributed by atoms with E-state index in [1.165, 1.54) is 0 Å². The van der Waals surface area contributed by atoms with Crippen LogP contribution in [0.5, 0.6) is 5.75 Å². The molecule has 0 aliphatic carbocycles. The van der Waals surface area contributed by atoms with Gasteiger partial charge in [-0.05, 0) is 43.0 Å². The molecule has 1 N–H and O–H groups in total. The van der Waals surface area contributed by atoms with Gasteiger partial charge in [0.2, 0.25) is 5.91 Å². The van der Waals surface area contributed by atoms with Crippen LogP contribution in [0, 0.1) is 17.6 Å². The van der Waals surface area contributed by atoms with Crippen molar-refractivity contribution in [3.8, 4) is 5.75 Å². The van der Waals surface area contributed by atoms with Crippen molar-refractivity contribution in [1.29, 1.82) is 0 Å². The van der Waals surface area contributed by atoms with Crippen LogP contribution in [0.15, 0.2) is 24.3 Å². The van der Waals surface area contributed by atoms with E-state index in [1.54, 1.807) is 17.0 Å². The molecule has 2 heterocycles. The molecule has 1 fully saturated rings. The minimum Gasteiger partial charge on any atom is -0.493 e. The number of nitrogens with zero attached hydrogens (tertiary/aromatic N) is 1. The number of fused-ring (bicyclic) bond motifs is 1. The first-order valence-electron chi connectivity index (χ1n) is 9.06. The number of rotatable bonds is 4. The quantitative estimate of drug-likeness (QED) is 0.742. The summed E-state index contributed by atoms with van der Waals surface area (Å²) in [4.78, 5) is 13.4. The van der Waals surface area contributed by atoms with E-state index in [0.717, 1.165) is 30.5 Å². The van der Waals surface area contributed by atoms with Gasteiger partial charge in [-0.3, -0.25) is 4.79 Å². The molecule has 0 saturated carbocycles. The highest BCUT2D eigenvalue weighted by atomic mass is 35.5. The maximum atomic E-state index is 14.1. The molecule has 2 aromatic carbocycles. The molecule has 2 aliphatic rings. The van der Waals surface area contributed by atoms with E-state index in [9.17, 15) is 13.6 Å². The molecule has 0 spiro atoms. The van der Waals surface area contributed by atoms with E-state index in [0.29, 0.717) is 36.2 Å². The Kier molecular flexibility index (Phi) is 5.34. The number of hydrogen-bond acceptors (Lipinski definition) is 3. The number of halogens is 4. The van der Waals surface area contributed by atoms with Gasteiger partial charge < -0.3 is 15.0 Å². The molecule has 0 radical (unpaired) electrons. The minimum atomic E-state index is -0.645. The van der Waals surface area contributed by atoms with Gasteiger partial charge in [-0.1, -0.05) is 23.2 Å². The van der Waals surface area contributed by atoms with Crippen molar-refractivity contribution < 1.29 is 18.3 Å². The average Bonchev–Trinajstić information content (AvgIpc) is 3.04. The monoisotopic (exact) mass is 426 g/mol. The first-order chi connectivity index (χ1) is 13.4. The van der Waals surface area contributed by atoms with Crippen molar-refractivity contribution in [2.75, 3.05) is 29.9 Å². The van der Waals surface area contributed by atoms with E-state index in [4.69, 9.17) is 27.9 Å². The Balaban J connectivity index is 1.38. The fourth-order valence-corrected chi connectivity index (χ4v) is 4.17. The van der Waals surface area contributed by atoms with Crippen LogP contribution in [0.2, 0.25) is 10.0 Å². The van der Waals surface area contributed by atoms with Crippen molar-refractivity contribution in [1.82, 2.24) is 0 Å². The Morgan fingerprint density at radius 2 is 1.82 bits per heavy atom. The van der Waals surface area contributed by atoms with Gasteiger partial charge in [0, 0.05) is 23.7 Å². The van der Waals surface area contributed by atoms with Crippen molar-refractivity contribution >= 4 is 40.5 Å². The highest BCUT2D eigenvalue weighted by Gasteiger charge is 2.27. The largest absolute Gasteiger partial charge is 0.493 e. The summed E-state index contributed by atoms with van der Waals surface area (Å²) in [6.45, 7) is 1.53. The zero-order valence-corrected chi connectivity index (χ0v) is 16.4. The SMILES string of the molecule is O=C1Cc2c(OCC3CCN(c4c(F)cc(Cl)cc4F)CC3)ccc(Cl)c2N1. The molecule has 148 valence electrons. The molecule has 4 rings (SSSR count). The van der Waals surface area contributed by atoms with Gasteiger partial charge in [-0.2, -0.15) is 0 Å². The van der Waals surface area contributed by atoms with Gasteiger partial charge in [0.1, 0.15) is 11.4 Å². The van der Waals surface area contributed by atoms with Gasteiger partial charge in [-0.15, -0.1) is 0 Å². The summed E-state index contributed by atoms with van der Waals surface area (Å²) in [7, 11) is 0. The molecule has 4 nitrogen and oxygen atoms in total. The van der Waals surface area contributed by atoms with Gasteiger partial charge in [0.25, 0.3) is 0 Å². The first kappa shape index (κ1) is 19.3. The average molecular weight is 427 g/mol. The molecule has 1 saturated heterocycles. The van der Waals surface area contributed by atoms with Gasteiger partial charge >= 0.3 is 0 Å². The summed E-state index contributed by atoms with van der Waals surface area (Å²) < 4.78 is 34.2. The van der Waals surface area contributed by atoms with Crippen LogP contribution in [0.25, 0.3) is 0 Å². The van der Waals surface area contributed by atoms with Crippen molar-refractivity contribution in [3.05, 3.63) is 51.5 Å². The maximum Gasteiger partial charge on any atom is 0.229 e. The standard InChI is InChI=1S/C20H18Cl2F2N2O2/c21-12-7-15(23)20(16(24)8-12)26-5-3-11(4-6-26)10-28-17-2-1-14(22)19-13(17)9-18(27)25-19/h1-2,7-8,11H,3-6,9-10H2,(H,25,27). The first-order valence-corrected chi connectivity index (χ1v) is 9.81. The van der Waals surface area contributed by atoms with E-state index >= 15 is 0 Å². The Hall–Kier alpha value is -2.05. The summed E-state index contributed by atoms with van der Waals surface area (Å²) in [5.74, 6) is -0.489. The third-order valence-electron chi connectivity index (χ3n) is 5.21. The van der Waals surface area contributed by atoms with Gasteiger partial charge in [0.05, 0.1) is 23.7 Å². The zero-order valence-electron chi connectivity index (χ0n) is 14.9. The van der Waals surface area contributed by atoms with Crippen LogP contribution >= 0.6 is 23.2 Å². The van der Waals surface area contributed by atoms with Crippen LogP contribution < -0.4 is 15.0 Å². The third kappa shape index (κ3) is 3.76. The second kappa shape index (κ2) is 7.76. The number of benzene rings is 2. The topological polar surface area (TPSA) is 41.6 Å². The summed E-state index contributed by atoms with van der Waals surface area (Å²) in [6.07, 6.45) is 1.74. The molecule has 1 amide bonds. The predicted molar refractivity (Wildman–Crippen MR) is 106 cm³/mol. The molecule has 2 aromatic rings.